The number of carbonyl (C=O) groups is 2. The monoisotopic (exact) mass is 275 g/mol. The molecular weight excluding hydrogens is 254 g/mol. The Morgan fingerprint density at radius 3 is 2.75 bits per heavy atom. The molecule has 0 saturated carbocycles. The van der Waals surface area contributed by atoms with E-state index in [1.54, 1.807) is 12.4 Å². The van der Waals surface area contributed by atoms with E-state index in [9.17, 15) is 9.59 Å². The van der Waals surface area contributed by atoms with Crippen LogP contribution in [-0.2, 0) is 9.59 Å². The SMILES string of the molecule is Cc1ccncc1NC(=O)[C@H]1C(=O)NC[C@@H]1C(C)(C)C. The molecule has 1 aromatic heterocycles. The average Bonchev–Trinajstić information content (AvgIpc) is 2.74. The van der Waals surface area contributed by atoms with Crippen molar-refractivity contribution < 1.29 is 9.59 Å². The third-order valence-electron chi connectivity index (χ3n) is 3.87. The lowest BCUT2D eigenvalue weighted by Crippen LogP contribution is -2.37. The minimum Gasteiger partial charge on any atom is -0.355 e. The standard InChI is InChI=1S/C15H21N3O2/c1-9-5-6-16-8-11(9)18-14(20)12-10(15(2,3)4)7-17-13(12)19/h5-6,8,10,12H,7H2,1-4H3,(H,17,19)(H,18,20)/t10-,12+/m0/s1. The molecule has 0 radical (unpaired) electrons. The summed E-state index contributed by atoms with van der Waals surface area (Å²) in [5.41, 5.74) is 1.48. The third kappa shape index (κ3) is 2.81. The summed E-state index contributed by atoms with van der Waals surface area (Å²) in [5, 5.41) is 5.61. The van der Waals surface area contributed by atoms with Crippen molar-refractivity contribution in [3.8, 4) is 0 Å². The van der Waals surface area contributed by atoms with Gasteiger partial charge in [0.05, 0.1) is 11.9 Å². The summed E-state index contributed by atoms with van der Waals surface area (Å²) < 4.78 is 0. The normalized spacial score (nSPS) is 22.5. The molecule has 2 N–H and O–H groups in total. The average molecular weight is 275 g/mol. The van der Waals surface area contributed by atoms with Crippen molar-refractivity contribution in [3.63, 3.8) is 0 Å². The van der Waals surface area contributed by atoms with Gasteiger partial charge in [-0.25, -0.2) is 0 Å². The van der Waals surface area contributed by atoms with Gasteiger partial charge in [-0.2, -0.15) is 0 Å². The summed E-state index contributed by atoms with van der Waals surface area (Å²) in [6.45, 7) is 8.59. The molecule has 2 rings (SSSR count). The fraction of sp³-hybridized carbons (Fsp3) is 0.533. The highest BCUT2D eigenvalue weighted by atomic mass is 16.2. The van der Waals surface area contributed by atoms with Gasteiger partial charge in [0.25, 0.3) is 0 Å². The van der Waals surface area contributed by atoms with Gasteiger partial charge in [0.1, 0.15) is 5.92 Å². The zero-order valence-electron chi connectivity index (χ0n) is 12.4. The molecule has 2 heterocycles. The maximum atomic E-state index is 12.4. The van der Waals surface area contributed by atoms with Crippen molar-refractivity contribution in [1.82, 2.24) is 10.3 Å². The van der Waals surface area contributed by atoms with Crippen LogP contribution in [-0.4, -0.2) is 23.3 Å². The number of pyridine rings is 1. The first-order valence-electron chi connectivity index (χ1n) is 6.80. The second kappa shape index (κ2) is 5.23. The first kappa shape index (κ1) is 14.5. The molecule has 108 valence electrons. The van der Waals surface area contributed by atoms with Gasteiger partial charge in [-0.15, -0.1) is 0 Å². The van der Waals surface area contributed by atoms with Crippen molar-refractivity contribution >= 4 is 17.5 Å². The van der Waals surface area contributed by atoms with Crippen LogP contribution < -0.4 is 10.6 Å². The second-order valence-corrected chi connectivity index (χ2v) is 6.38. The number of anilines is 1. The van der Waals surface area contributed by atoms with Gasteiger partial charge >= 0.3 is 0 Å². The zero-order chi connectivity index (χ0) is 14.9. The molecule has 1 aliphatic heterocycles. The predicted molar refractivity (Wildman–Crippen MR) is 77.0 cm³/mol. The van der Waals surface area contributed by atoms with Gasteiger partial charge in [0, 0.05) is 18.7 Å². The van der Waals surface area contributed by atoms with Gasteiger partial charge in [0.15, 0.2) is 0 Å². The van der Waals surface area contributed by atoms with E-state index in [2.05, 4.69) is 15.6 Å². The highest BCUT2D eigenvalue weighted by Crippen LogP contribution is 2.35. The number of nitrogens with one attached hydrogen (secondary N) is 2. The Balaban J connectivity index is 2.19. The number of hydrogen-bond donors (Lipinski definition) is 2. The van der Waals surface area contributed by atoms with Crippen LogP contribution in [0.2, 0.25) is 0 Å². The molecule has 20 heavy (non-hydrogen) atoms. The van der Waals surface area contributed by atoms with Gasteiger partial charge in [-0.05, 0) is 24.0 Å². The van der Waals surface area contributed by atoms with Crippen molar-refractivity contribution in [2.45, 2.75) is 27.7 Å². The maximum Gasteiger partial charge on any atom is 0.237 e. The molecule has 2 amide bonds. The van der Waals surface area contributed by atoms with E-state index in [4.69, 9.17) is 0 Å². The van der Waals surface area contributed by atoms with E-state index >= 15 is 0 Å². The van der Waals surface area contributed by atoms with Crippen molar-refractivity contribution in [2.75, 3.05) is 11.9 Å². The fourth-order valence-electron chi connectivity index (χ4n) is 2.53. The Morgan fingerprint density at radius 1 is 1.45 bits per heavy atom. The van der Waals surface area contributed by atoms with Gasteiger partial charge < -0.3 is 10.6 Å². The van der Waals surface area contributed by atoms with Crippen LogP contribution >= 0.6 is 0 Å². The minimum absolute atomic E-state index is 0.00743. The molecule has 1 fully saturated rings. The van der Waals surface area contributed by atoms with Crippen LogP contribution in [0.4, 0.5) is 5.69 Å². The number of rotatable bonds is 2. The number of carbonyl (C=O) groups excluding carboxylic acids is 2. The Labute approximate surface area is 119 Å². The fourth-order valence-corrected chi connectivity index (χ4v) is 2.53. The van der Waals surface area contributed by atoms with E-state index in [-0.39, 0.29) is 23.1 Å². The Kier molecular flexibility index (Phi) is 3.79. The zero-order valence-corrected chi connectivity index (χ0v) is 12.4. The molecule has 1 saturated heterocycles. The van der Waals surface area contributed by atoms with E-state index in [0.717, 1.165) is 5.56 Å². The first-order chi connectivity index (χ1) is 9.30. The van der Waals surface area contributed by atoms with Crippen LogP contribution in [0, 0.1) is 24.2 Å². The van der Waals surface area contributed by atoms with E-state index in [0.29, 0.717) is 12.2 Å². The molecule has 1 aliphatic rings. The smallest absolute Gasteiger partial charge is 0.237 e. The highest BCUT2D eigenvalue weighted by molar-refractivity contribution is 6.08. The predicted octanol–water partition coefficient (Wildman–Crippen LogP) is 1.74. The minimum atomic E-state index is -0.644. The first-order valence-corrected chi connectivity index (χ1v) is 6.80. The Morgan fingerprint density at radius 2 is 2.15 bits per heavy atom. The molecule has 5 nitrogen and oxygen atoms in total. The molecular formula is C15H21N3O2. The van der Waals surface area contributed by atoms with Crippen LogP contribution in [0.15, 0.2) is 18.5 Å². The van der Waals surface area contributed by atoms with E-state index < -0.39 is 5.92 Å². The van der Waals surface area contributed by atoms with Crippen LogP contribution in [0.25, 0.3) is 0 Å². The summed E-state index contributed by atoms with van der Waals surface area (Å²) in [7, 11) is 0. The van der Waals surface area contributed by atoms with Gasteiger partial charge in [0.2, 0.25) is 11.8 Å². The van der Waals surface area contributed by atoms with Crippen molar-refractivity contribution in [1.29, 1.82) is 0 Å². The quantitative estimate of drug-likeness (QED) is 0.808. The van der Waals surface area contributed by atoms with Gasteiger partial charge in [-0.3, -0.25) is 14.6 Å². The number of aromatic nitrogens is 1. The lowest BCUT2D eigenvalue weighted by Gasteiger charge is -2.29. The summed E-state index contributed by atoms with van der Waals surface area (Å²) >= 11 is 0. The lowest BCUT2D eigenvalue weighted by molar-refractivity contribution is -0.132. The van der Waals surface area contributed by atoms with Crippen molar-refractivity contribution in [3.05, 3.63) is 24.0 Å². The van der Waals surface area contributed by atoms with Crippen molar-refractivity contribution in [2.24, 2.45) is 17.3 Å². The van der Waals surface area contributed by atoms with Crippen LogP contribution in [0.5, 0.6) is 0 Å². The number of hydrogen-bond acceptors (Lipinski definition) is 3. The maximum absolute atomic E-state index is 12.4. The molecule has 0 aromatic carbocycles. The Hall–Kier alpha value is -1.91. The topological polar surface area (TPSA) is 71.1 Å². The molecule has 0 bridgehead atoms. The molecule has 5 heteroatoms. The molecule has 0 aliphatic carbocycles. The largest absolute Gasteiger partial charge is 0.355 e. The number of aryl methyl sites for hydroxylation is 1. The third-order valence-corrected chi connectivity index (χ3v) is 3.87. The summed E-state index contributed by atoms with van der Waals surface area (Å²) in [6, 6.07) is 1.82. The second-order valence-electron chi connectivity index (χ2n) is 6.38. The van der Waals surface area contributed by atoms with Crippen LogP contribution in [0.1, 0.15) is 26.3 Å². The van der Waals surface area contributed by atoms with Crippen LogP contribution in [0.3, 0.4) is 0 Å². The molecule has 0 spiro atoms. The highest BCUT2D eigenvalue weighted by Gasteiger charge is 2.45. The summed E-state index contributed by atoms with van der Waals surface area (Å²) in [5.74, 6) is -1.10. The molecule has 2 atom stereocenters. The Bertz CT molecular complexity index is 534. The summed E-state index contributed by atoms with van der Waals surface area (Å²) in [4.78, 5) is 28.4. The van der Waals surface area contributed by atoms with Gasteiger partial charge in [-0.1, -0.05) is 20.8 Å². The van der Waals surface area contributed by atoms with E-state index in [1.165, 1.54) is 0 Å². The number of nitrogens with zero attached hydrogens (tertiary/aromatic N) is 1. The molecule has 1 aromatic rings. The molecule has 0 unspecified atom stereocenters. The lowest BCUT2D eigenvalue weighted by atomic mass is 9.74. The van der Waals surface area contributed by atoms with E-state index in [1.807, 2.05) is 33.8 Å². The summed E-state index contributed by atoms with van der Waals surface area (Å²) in [6.07, 6.45) is 3.28. The number of amides is 2.